The Kier molecular flexibility index (Phi) is 10.2. The second-order valence-corrected chi connectivity index (χ2v) is 8.57. The van der Waals surface area contributed by atoms with Crippen molar-refractivity contribution in [2.75, 3.05) is 21.3 Å². The number of rotatable bonds is 7. The first-order valence-electron chi connectivity index (χ1n) is 12.2. The molecule has 13 nitrogen and oxygen atoms in total. The van der Waals surface area contributed by atoms with Gasteiger partial charge in [0, 0.05) is 17.8 Å². The van der Waals surface area contributed by atoms with E-state index in [0.29, 0.717) is 11.3 Å². The van der Waals surface area contributed by atoms with E-state index in [1.54, 1.807) is 36.5 Å². The molecule has 13 heteroatoms. The second kappa shape index (κ2) is 14.0. The van der Waals surface area contributed by atoms with Crippen LogP contribution in [0.4, 0.5) is 5.69 Å². The van der Waals surface area contributed by atoms with Crippen LogP contribution in [0.15, 0.2) is 79.1 Å². The van der Waals surface area contributed by atoms with Gasteiger partial charge in [-0.3, -0.25) is 10.1 Å². The molecule has 0 saturated carbocycles. The quantitative estimate of drug-likeness (QED) is 0.133. The van der Waals surface area contributed by atoms with Gasteiger partial charge < -0.3 is 34.5 Å². The molecule has 4 aromatic carbocycles. The lowest BCUT2D eigenvalue weighted by molar-refractivity contribution is -0.385. The summed E-state index contributed by atoms with van der Waals surface area (Å²) in [6, 6.07) is 18.2. The van der Waals surface area contributed by atoms with Crippen LogP contribution >= 0.6 is 0 Å². The van der Waals surface area contributed by atoms with Crippen LogP contribution in [0.5, 0.6) is 17.2 Å². The maximum atomic E-state index is 10.9. The molecule has 1 heterocycles. The van der Waals surface area contributed by atoms with Crippen LogP contribution in [0.25, 0.3) is 21.5 Å². The third-order valence-electron chi connectivity index (χ3n) is 6.04. The molecule has 5 aromatic rings. The minimum absolute atomic E-state index is 0.0879. The summed E-state index contributed by atoms with van der Waals surface area (Å²) in [6.45, 7) is 0. The number of carbonyl (C=O) groups is 3. The molecule has 0 amide bonds. The fraction of sp³-hybridized carbons (Fsp3) is 0.100. The number of hydrogen-bond donors (Lipinski definition) is 4. The Balaban J connectivity index is 0.000000178. The lowest BCUT2D eigenvalue weighted by Crippen LogP contribution is -2.04. The Hall–Kier alpha value is -6.11. The van der Waals surface area contributed by atoms with Gasteiger partial charge in [0.25, 0.3) is 0 Å². The lowest BCUT2D eigenvalue weighted by Gasteiger charge is -2.08. The zero-order valence-electron chi connectivity index (χ0n) is 23.1. The van der Waals surface area contributed by atoms with E-state index in [4.69, 9.17) is 29.5 Å². The van der Waals surface area contributed by atoms with E-state index in [0.717, 1.165) is 33.7 Å². The smallest absolute Gasteiger partial charge is 0.339 e. The normalized spacial score (nSPS) is 10.0. The summed E-state index contributed by atoms with van der Waals surface area (Å²) in [4.78, 5) is 45.2. The topological polar surface area (TPSA) is 199 Å². The summed E-state index contributed by atoms with van der Waals surface area (Å²) in [7, 11) is 3.94. The minimum Gasteiger partial charge on any atom is -0.496 e. The SMILES string of the molecule is COc1c(C(=O)O)ccc2ccccc12.COc1cc(C(=O)O)c(OC)c([N+](=O)[O-])c1.O=C(O)c1ccc2c[nH]cc2c1. The number of ether oxygens (including phenoxy) is 3. The van der Waals surface area contributed by atoms with Crippen LogP contribution in [-0.4, -0.2) is 64.5 Å². The summed E-state index contributed by atoms with van der Waals surface area (Å²) in [5.41, 5.74) is -0.244. The number of aromatic nitrogens is 1. The van der Waals surface area contributed by atoms with Gasteiger partial charge in [0.15, 0.2) is 0 Å². The first-order valence-corrected chi connectivity index (χ1v) is 12.2. The van der Waals surface area contributed by atoms with Crippen molar-refractivity contribution in [2.24, 2.45) is 0 Å². The van der Waals surface area contributed by atoms with Crippen LogP contribution in [0.1, 0.15) is 31.1 Å². The number of carboxylic acid groups (broad SMARTS) is 3. The van der Waals surface area contributed by atoms with Gasteiger partial charge >= 0.3 is 23.6 Å². The van der Waals surface area contributed by atoms with E-state index < -0.39 is 28.5 Å². The maximum Gasteiger partial charge on any atom is 0.339 e. The minimum atomic E-state index is -1.32. The lowest BCUT2D eigenvalue weighted by atomic mass is 10.1. The number of nitro groups is 1. The number of methoxy groups -OCH3 is 3. The molecule has 0 atom stereocenters. The summed E-state index contributed by atoms with van der Waals surface area (Å²) < 4.78 is 14.6. The Labute approximate surface area is 243 Å². The number of hydrogen-bond acceptors (Lipinski definition) is 8. The van der Waals surface area contributed by atoms with Crippen LogP contribution < -0.4 is 14.2 Å². The van der Waals surface area contributed by atoms with Crippen LogP contribution in [0.3, 0.4) is 0 Å². The fourth-order valence-electron chi connectivity index (χ4n) is 4.03. The maximum absolute atomic E-state index is 10.9. The van der Waals surface area contributed by atoms with E-state index >= 15 is 0 Å². The average Bonchev–Trinajstić information content (AvgIpc) is 3.48. The highest BCUT2D eigenvalue weighted by Gasteiger charge is 2.24. The number of nitrogens with zero attached hydrogens (tertiary/aromatic N) is 1. The zero-order chi connectivity index (χ0) is 31.7. The van der Waals surface area contributed by atoms with Crippen LogP contribution in [0, 0.1) is 10.1 Å². The van der Waals surface area contributed by atoms with E-state index in [2.05, 4.69) is 4.98 Å². The molecule has 222 valence electrons. The molecule has 4 N–H and O–H groups in total. The fourth-order valence-corrected chi connectivity index (χ4v) is 4.03. The molecule has 0 unspecified atom stereocenters. The van der Waals surface area contributed by atoms with Crippen molar-refractivity contribution < 1.29 is 48.8 Å². The van der Waals surface area contributed by atoms with Crippen molar-refractivity contribution in [3.8, 4) is 17.2 Å². The molecule has 0 aliphatic rings. The van der Waals surface area contributed by atoms with Gasteiger partial charge in [-0.1, -0.05) is 36.4 Å². The number of benzene rings is 4. The third kappa shape index (κ3) is 7.35. The monoisotopic (exact) mass is 590 g/mol. The van der Waals surface area contributed by atoms with Gasteiger partial charge in [0.2, 0.25) is 5.75 Å². The Morgan fingerprint density at radius 2 is 1.33 bits per heavy atom. The zero-order valence-corrected chi connectivity index (χ0v) is 23.1. The van der Waals surface area contributed by atoms with Gasteiger partial charge in [-0.15, -0.1) is 0 Å². The van der Waals surface area contributed by atoms with Crippen LogP contribution in [-0.2, 0) is 0 Å². The van der Waals surface area contributed by atoms with Crippen LogP contribution in [0.2, 0.25) is 0 Å². The number of aromatic carboxylic acids is 3. The molecule has 5 rings (SSSR count). The number of carboxylic acids is 3. The third-order valence-corrected chi connectivity index (χ3v) is 6.04. The van der Waals surface area contributed by atoms with E-state index in [1.807, 2.05) is 30.5 Å². The predicted octanol–water partition coefficient (Wildman–Crippen LogP) is 5.72. The Morgan fingerprint density at radius 1 is 0.698 bits per heavy atom. The standard InChI is InChI=1S/C12H10O3.C9H9NO6.C9H7NO2/c1-15-11-9-5-3-2-4-8(9)6-7-10(11)12(13)14;1-15-5-3-6(9(11)12)8(16-2)7(4-5)10(13)14;11-9(12)6-1-2-7-4-10-5-8(7)3-6/h2-7H,1H3,(H,13,14);3-4H,1-2H3,(H,11,12);1-5,10H,(H,11,12). The molecule has 43 heavy (non-hydrogen) atoms. The molecule has 0 aliphatic heterocycles. The average molecular weight is 591 g/mol. The van der Waals surface area contributed by atoms with Crippen molar-refractivity contribution in [3.63, 3.8) is 0 Å². The predicted molar refractivity (Wildman–Crippen MR) is 156 cm³/mol. The van der Waals surface area contributed by atoms with Crippen molar-refractivity contribution in [2.45, 2.75) is 0 Å². The highest BCUT2D eigenvalue weighted by molar-refractivity contribution is 6.00. The number of aromatic amines is 1. The first-order chi connectivity index (χ1) is 20.5. The van der Waals surface area contributed by atoms with E-state index in [9.17, 15) is 24.5 Å². The number of fused-ring (bicyclic) bond motifs is 2. The second-order valence-electron chi connectivity index (χ2n) is 8.57. The summed E-state index contributed by atoms with van der Waals surface area (Å²) in [5, 5.41) is 41.0. The first kappa shape index (κ1) is 31.4. The number of H-pyrrole nitrogens is 1. The molecule has 0 aliphatic carbocycles. The van der Waals surface area contributed by atoms with E-state index in [1.165, 1.54) is 21.3 Å². The Morgan fingerprint density at radius 3 is 1.91 bits per heavy atom. The van der Waals surface area contributed by atoms with Gasteiger partial charge in [0.05, 0.1) is 37.9 Å². The van der Waals surface area contributed by atoms with E-state index in [-0.39, 0.29) is 22.6 Å². The van der Waals surface area contributed by atoms with Crippen molar-refractivity contribution in [1.82, 2.24) is 4.98 Å². The molecular formula is C30H26N2O11. The van der Waals surface area contributed by atoms with Crippen molar-refractivity contribution in [3.05, 3.63) is 106 Å². The molecule has 0 spiro atoms. The molecule has 0 radical (unpaired) electrons. The van der Waals surface area contributed by atoms with Gasteiger partial charge in [0.1, 0.15) is 22.6 Å². The number of nitro benzene ring substituents is 1. The summed E-state index contributed by atoms with van der Waals surface area (Å²) in [5.74, 6) is -2.97. The Bertz CT molecular complexity index is 1780. The van der Waals surface area contributed by atoms with Gasteiger partial charge in [-0.05, 0) is 40.4 Å². The molecule has 1 aromatic heterocycles. The molecular weight excluding hydrogens is 564 g/mol. The molecule has 0 bridgehead atoms. The number of nitrogens with one attached hydrogen (secondary N) is 1. The summed E-state index contributed by atoms with van der Waals surface area (Å²) in [6.07, 6.45) is 3.61. The highest BCUT2D eigenvalue weighted by Crippen LogP contribution is 2.35. The highest BCUT2D eigenvalue weighted by atomic mass is 16.6. The van der Waals surface area contributed by atoms with Gasteiger partial charge in [-0.25, -0.2) is 14.4 Å². The van der Waals surface area contributed by atoms with Gasteiger partial charge in [-0.2, -0.15) is 0 Å². The van der Waals surface area contributed by atoms with Crippen molar-refractivity contribution >= 4 is 45.1 Å². The molecule has 0 saturated heterocycles. The largest absolute Gasteiger partial charge is 0.496 e. The van der Waals surface area contributed by atoms with Crippen molar-refractivity contribution in [1.29, 1.82) is 0 Å². The summed E-state index contributed by atoms with van der Waals surface area (Å²) >= 11 is 0. The molecule has 0 fully saturated rings.